The van der Waals surface area contributed by atoms with Crippen molar-refractivity contribution < 1.29 is 29.1 Å². The number of aliphatic hydroxyl groups excluding tert-OH is 1. The third kappa shape index (κ3) is 4.50. The normalized spacial score (nSPS) is 43.7. The van der Waals surface area contributed by atoms with Crippen LogP contribution in [-0.2, 0) is 30.5 Å². The quantitative estimate of drug-likeness (QED) is 0.293. The second-order valence-corrected chi connectivity index (χ2v) is 16.3. The standard InChI is InChI=1S/C34H45NO6S2/c1-20-13-26-25-14-21(2)34(41-35(6)17-22-9-12-42-18-22,29(38)19-43-27-8-11-40-30(27)39)32(25,4)16-28(37)33(26,5)31(3)10-7-23(36)15-24(20)31/h7,9-10,12,15,18,20-21,25-28,37H,8,11,13-14,16-17,19H2,1-6H3/t20-,21+,25-,26-,27?,28-,31-,32-,33+,34-/m0/s1. The Kier molecular flexibility index (Phi) is 7.94. The molecule has 3 saturated carbocycles. The van der Waals surface area contributed by atoms with E-state index in [1.54, 1.807) is 28.6 Å². The molecular formula is C34H45NO6S2. The van der Waals surface area contributed by atoms with Gasteiger partial charge in [-0.25, -0.2) is 0 Å². The molecule has 1 saturated heterocycles. The molecule has 1 aromatic rings. The predicted molar refractivity (Wildman–Crippen MR) is 168 cm³/mol. The molecule has 2 heterocycles. The third-order valence-electron chi connectivity index (χ3n) is 12.3. The van der Waals surface area contributed by atoms with Crippen LogP contribution in [0.3, 0.4) is 0 Å². The van der Waals surface area contributed by atoms with E-state index in [1.165, 1.54) is 11.8 Å². The molecule has 1 N–H and O–H groups in total. The third-order valence-corrected chi connectivity index (χ3v) is 14.3. The molecule has 0 aromatic carbocycles. The minimum absolute atomic E-state index is 0.0125. The summed E-state index contributed by atoms with van der Waals surface area (Å²) in [5, 5.41) is 17.9. The summed E-state index contributed by atoms with van der Waals surface area (Å²) in [6, 6.07) is 2.07. The van der Waals surface area contributed by atoms with Gasteiger partial charge in [0.1, 0.15) is 5.25 Å². The van der Waals surface area contributed by atoms with Crippen molar-refractivity contribution in [2.45, 2.75) is 83.8 Å². The lowest BCUT2D eigenvalue weighted by atomic mass is 9.38. The number of aliphatic hydroxyl groups is 1. The smallest absolute Gasteiger partial charge is 0.319 e. The van der Waals surface area contributed by atoms with Gasteiger partial charge in [-0.05, 0) is 77.5 Å². The zero-order chi connectivity index (χ0) is 30.9. The second kappa shape index (κ2) is 10.9. The van der Waals surface area contributed by atoms with E-state index in [4.69, 9.17) is 9.57 Å². The molecule has 5 aliphatic rings. The number of hydrogen-bond acceptors (Lipinski definition) is 9. The number of esters is 1. The molecule has 10 atom stereocenters. The highest BCUT2D eigenvalue weighted by Gasteiger charge is 2.75. The summed E-state index contributed by atoms with van der Waals surface area (Å²) >= 11 is 2.99. The van der Waals surface area contributed by atoms with Gasteiger partial charge in [0.2, 0.25) is 0 Å². The first-order valence-electron chi connectivity index (χ1n) is 15.6. The lowest BCUT2D eigenvalue weighted by Gasteiger charge is -2.67. The first-order chi connectivity index (χ1) is 20.3. The molecule has 9 heteroatoms. The number of thioether (sulfide) groups is 1. The fraction of sp³-hybridized carbons (Fsp3) is 0.676. The number of ether oxygens (including phenoxy) is 1. The Bertz CT molecular complexity index is 1360. The Balaban J connectivity index is 1.40. The van der Waals surface area contributed by atoms with Gasteiger partial charge >= 0.3 is 5.97 Å². The lowest BCUT2D eigenvalue weighted by Crippen LogP contribution is -2.68. The predicted octanol–water partition coefficient (Wildman–Crippen LogP) is 5.63. The van der Waals surface area contributed by atoms with Crippen LogP contribution in [0.25, 0.3) is 0 Å². The topological polar surface area (TPSA) is 93.1 Å². The van der Waals surface area contributed by atoms with Gasteiger partial charge in [-0.15, -0.1) is 11.8 Å². The Morgan fingerprint density at radius 3 is 2.65 bits per heavy atom. The first-order valence-corrected chi connectivity index (χ1v) is 17.6. The monoisotopic (exact) mass is 627 g/mol. The molecule has 1 aliphatic heterocycles. The molecule has 0 spiro atoms. The lowest BCUT2D eigenvalue weighted by molar-refractivity contribution is -0.291. The van der Waals surface area contributed by atoms with E-state index in [1.807, 2.05) is 18.5 Å². The summed E-state index contributed by atoms with van der Waals surface area (Å²) in [5.74, 6) is 0.236. The number of ketones is 2. The number of rotatable bonds is 8. The second-order valence-electron chi connectivity index (χ2n) is 14.4. The Morgan fingerprint density at radius 1 is 1.21 bits per heavy atom. The molecule has 43 heavy (non-hydrogen) atoms. The van der Waals surface area contributed by atoms with Crippen LogP contribution < -0.4 is 0 Å². The van der Waals surface area contributed by atoms with E-state index < -0.39 is 27.9 Å². The van der Waals surface area contributed by atoms with Gasteiger partial charge in [-0.3, -0.25) is 19.2 Å². The highest BCUT2D eigenvalue weighted by Crippen LogP contribution is 2.74. The molecule has 0 amide bonds. The first kappa shape index (κ1) is 31.2. The van der Waals surface area contributed by atoms with E-state index in [-0.39, 0.29) is 52.2 Å². The molecular weight excluding hydrogens is 583 g/mol. The SMILES string of the molecule is C[C@@H]1C[C@H]2[C@@H]3C[C@H](C)C4=CC(=O)C=C[C@]4(C)[C@@]3(C)[C@@H](O)C[C@]2(C)[C@@]1(ON(C)Cc1ccsc1)C(=O)CSC1CCOC1=O. The molecule has 0 bridgehead atoms. The number of carbonyl (C=O) groups is 3. The number of nitrogens with zero attached hydrogens (tertiary/aromatic N) is 1. The largest absolute Gasteiger partial charge is 0.465 e. The number of cyclic esters (lactones) is 1. The van der Waals surface area contributed by atoms with Crippen LogP contribution in [0.1, 0.15) is 65.9 Å². The van der Waals surface area contributed by atoms with Gasteiger partial charge in [-0.2, -0.15) is 16.4 Å². The van der Waals surface area contributed by atoms with E-state index >= 15 is 0 Å². The molecule has 4 fully saturated rings. The fourth-order valence-corrected chi connectivity index (χ4v) is 11.7. The Morgan fingerprint density at radius 2 is 1.98 bits per heavy atom. The van der Waals surface area contributed by atoms with Crippen molar-refractivity contribution in [1.29, 1.82) is 0 Å². The minimum Gasteiger partial charge on any atom is -0.465 e. The average Bonchev–Trinajstić information content (AvgIpc) is 3.66. The van der Waals surface area contributed by atoms with Crippen LogP contribution >= 0.6 is 23.1 Å². The average molecular weight is 628 g/mol. The van der Waals surface area contributed by atoms with E-state index in [0.717, 1.165) is 24.0 Å². The summed E-state index contributed by atoms with van der Waals surface area (Å²) in [7, 11) is 1.89. The maximum Gasteiger partial charge on any atom is 0.319 e. The zero-order valence-electron chi connectivity index (χ0n) is 26.1. The van der Waals surface area contributed by atoms with Crippen LogP contribution in [0, 0.1) is 39.9 Å². The van der Waals surface area contributed by atoms with Gasteiger partial charge in [0, 0.05) is 36.3 Å². The number of Topliss-reactive ketones (excluding diaryl/α,β-unsaturated/α-hetero) is 1. The molecule has 234 valence electrons. The number of hydroxylamine groups is 2. The summed E-state index contributed by atoms with van der Waals surface area (Å²) in [4.78, 5) is 46.4. The van der Waals surface area contributed by atoms with Crippen molar-refractivity contribution in [3.8, 4) is 0 Å². The summed E-state index contributed by atoms with van der Waals surface area (Å²) in [5.41, 5.74) is -0.541. The van der Waals surface area contributed by atoms with Gasteiger partial charge < -0.3 is 9.84 Å². The highest BCUT2D eigenvalue weighted by molar-refractivity contribution is 8.01. The molecule has 7 nitrogen and oxygen atoms in total. The zero-order valence-corrected chi connectivity index (χ0v) is 27.8. The van der Waals surface area contributed by atoms with Gasteiger partial charge in [-0.1, -0.05) is 46.3 Å². The van der Waals surface area contributed by atoms with Gasteiger partial charge in [0.25, 0.3) is 0 Å². The van der Waals surface area contributed by atoms with Crippen LogP contribution in [-0.4, -0.2) is 64.1 Å². The summed E-state index contributed by atoms with van der Waals surface area (Å²) in [6.45, 7) is 11.8. The van der Waals surface area contributed by atoms with Gasteiger partial charge in [0.15, 0.2) is 17.2 Å². The van der Waals surface area contributed by atoms with Crippen molar-refractivity contribution in [3.05, 3.63) is 46.2 Å². The van der Waals surface area contributed by atoms with Crippen molar-refractivity contribution in [3.63, 3.8) is 0 Å². The fourth-order valence-electron chi connectivity index (χ4n) is 9.99. The van der Waals surface area contributed by atoms with E-state index in [2.05, 4.69) is 46.1 Å². The van der Waals surface area contributed by atoms with Crippen LogP contribution in [0.4, 0.5) is 0 Å². The molecule has 1 unspecified atom stereocenters. The Hall–Kier alpha value is -1.78. The molecule has 4 aliphatic carbocycles. The molecule has 0 radical (unpaired) electrons. The van der Waals surface area contributed by atoms with Crippen LogP contribution in [0.5, 0.6) is 0 Å². The summed E-state index contributed by atoms with van der Waals surface area (Å²) < 4.78 is 5.18. The van der Waals surface area contributed by atoms with Crippen molar-refractivity contribution in [2.75, 3.05) is 19.4 Å². The maximum absolute atomic E-state index is 14.7. The van der Waals surface area contributed by atoms with Gasteiger partial charge in [0.05, 0.1) is 18.5 Å². The van der Waals surface area contributed by atoms with Crippen molar-refractivity contribution in [1.82, 2.24) is 5.06 Å². The van der Waals surface area contributed by atoms with E-state index in [0.29, 0.717) is 26.0 Å². The molecule has 6 rings (SSSR count). The number of hydrogen-bond donors (Lipinski definition) is 1. The number of allylic oxidation sites excluding steroid dienone is 4. The summed E-state index contributed by atoms with van der Waals surface area (Å²) in [6.07, 6.45) is 7.48. The Labute approximate surface area is 263 Å². The van der Waals surface area contributed by atoms with Crippen molar-refractivity contribution >= 4 is 40.6 Å². The highest BCUT2D eigenvalue weighted by atomic mass is 32.2. The number of carbonyl (C=O) groups excluding carboxylic acids is 3. The van der Waals surface area contributed by atoms with Crippen LogP contribution in [0.2, 0.25) is 0 Å². The number of fused-ring (bicyclic) bond motifs is 5. The maximum atomic E-state index is 14.7. The van der Waals surface area contributed by atoms with Crippen LogP contribution in [0.15, 0.2) is 40.6 Å². The van der Waals surface area contributed by atoms with Crippen molar-refractivity contribution in [2.24, 2.45) is 39.9 Å². The molecule has 1 aromatic heterocycles. The number of thiophene rings is 1. The van der Waals surface area contributed by atoms with E-state index in [9.17, 15) is 19.5 Å². The minimum atomic E-state index is -1.17.